The molecule has 2 aromatic carbocycles. The molecule has 1 heterocycles. The van der Waals surface area contributed by atoms with Crippen LogP contribution in [0.3, 0.4) is 0 Å². The van der Waals surface area contributed by atoms with Crippen LogP contribution in [0.15, 0.2) is 71.2 Å². The number of carbonyl (C=O) groups is 3. The van der Waals surface area contributed by atoms with Crippen molar-refractivity contribution in [1.29, 1.82) is 0 Å². The lowest BCUT2D eigenvalue weighted by molar-refractivity contribution is -0.254. The average Bonchev–Trinajstić information content (AvgIpc) is 3.03. The lowest BCUT2D eigenvalue weighted by atomic mass is 9.89. The molecule has 0 fully saturated rings. The maximum Gasteiger partial charge on any atom is 0.407 e. The second kappa shape index (κ2) is 15.0. The number of rotatable bonds is 9. The molecule has 47 heavy (non-hydrogen) atoms. The maximum atomic E-state index is 13.3. The number of nitrogens with zero attached hydrogens (tertiary/aromatic N) is 2. The standard InChI is InChI=1S/C37H42N4O6/c1-40(2)25-14-17-29-32(22-25)47-33-23-26(41(3)4)15-18-30(33)34(29)31-21-24(13-16-28(31)36(43)44)35(42)38-19-10-20-39-37(45)46-27-11-8-6-5-7-9-12-27/h5-6,13-18,21-23,27H,7-12,19-20H2,1-4H3,(H2-,38,39,42,43,44,45)/b6-5+. The van der Waals surface area contributed by atoms with Crippen molar-refractivity contribution in [2.75, 3.05) is 46.2 Å². The van der Waals surface area contributed by atoms with Crippen molar-refractivity contribution in [3.8, 4) is 22.5 Å². The van der Waals surface area contributed by atoms with Crippen LogP contribution in [0, 0.1) is 0 Å². The van der Waals surface area contributed by atoms with Gasteiger partial charge < -0.3 is 34.6 Å². The largest absolute Gasteiger partial charge is 0.545 e. The summed E-state index contributed by atoms with van der Waals surface area (Å²) < 4.78 is 13.9. The van der Waals surface area contributed by atoms with E-state index in [4.69, 9.17) is 9.15 Å². The van der Waals surface area contributed by atoms with Gasteiger partial charge in [0, 0.05) is 72.6 Å². The molecule has 10 nitrogen and oxygen atoms in total. The number of fused-ring (bicyclic) bond motifs is 2. The van der Waals surface area contributed by atoms with E-state index in [9.17, 15) is 19.5 Å². The fourth-order valence-corrected chi connectivity index (χ4v) is 5.80. The number of carboxylic acid groups (broad SMARTS) is 1. The van der Waals surface area contributed by atoms with E-state index in [0.717, 1.165) is 43.1 Å². The number of carbonyl (C=O) groups excluding carboxylic acids is 3. The molecular formula is C37H42N4O6. The van der Waals surface area contributed by atoms with E-state index >= 15 is 0 Å². The van der Waals surface area contributed by atoms with Gasteiger partial charge in [-0.25, -0.2) is 9.37 Å². The van der Waals surface area contributed by atoms with Crippen LogP contribution in [0.4, 0.5) is 10.5 Å². The molecule has 10 heteroatoms. The van der Waals surface area contributed by atoms with Crippen molar-refractivity contribution < 1.29 is 28.6 Å². The number of nitrogens with one attached hydrogen (secondary N) is 2. The number of allylic oxidation sites excluding steroid dienone is 2. The van der Waals surface area contributed by atoms with Crippen LogP contribution in [0.1, 0.15) is 59.2 Å². The number of alkyl carbamates (subject to hydrolysis) is 1. The molecule has 1 atom stereocenters. The SMILES string of the molecule is CN(C)c1ccc2c(-c3cc(C(=O)NCCCNC(=O)OC4CC/C=C/CCC4)ccc3C(=O)[O-])c3ccc(=[N+](C)C)cc-3oc2c1. The molecule has 2 N–H and O–H groups in total. The smallest absolute Gasteiger partial charge is 0.407 e. The molecule has 1 aliphatic heterocycles. The molecule has 0 aromatic heterocycles. The first kappa shape index (κ1) is 33.2. The quantitative estimate of drug-likeness (QED) is 0.120. The van der Waals surface area contributed by atoms with Gasteiger partial charge in [0.25, 0.3) is 5.91 Å². The molecule has 0 bridgehead atoms. The summed E-state index contributed by atoms with van der Waals surface area (Å²) in [5, 5.41) is 19.7. The second-order valence-electron chi connectivity index (χ2n) is 12.2. The predicted molar refractivity (Wildman–Crippen MR) is 181 cm³/mol. The number of carboxylic acids is 1. The van der Waals surface area contributed by atoms with E-state index < -0.39 is 12.1 Å². The summed E-state index contributed by atoms with van der Waals surface area (Å²) in [6.07, 6.45) is 8.83. The molecule has 0 radical (unpaired) electrons. The van der Waals surface area contributed by atoms with E-state index in [0.29, 0.717) is 58.5 Å². The number of aromatic carboxylic acids is 1. The van der Waals surface area contributed by atoms with Crippen LogP contribution in [0.5, 0.6) is 0 Å². The number of hydrogen-bond donors (Lipinski definition) is 2. The summed E-state index contributed by atoms with van der Waals surface area (Å²) in [4.78, 5) is 39.9. The van der Waals surface area contributed by atoms with Gasteiger partial charge in [-0.3, -0.25) is 4.79 Å². The van der Waals surface area contributed by atoms with Crippen molar-refractivity contribution in [3.05, 3.63) is 83.2 Å². The van der Waals surface area contributed by atoms with Gasteiger partial charge in [0.1, 0.15) is 31.5 Å². The summed E-state index contributed by atoms with van der Waals surface area (Å²) in [5.74, 6) is -1.14. The van der Waals surface area contributed by atoms with E-state index in [1.165, 1.54) is 12.1 Å². The fraction of sp³-hybridized carbons (Fsp3) is 0.351. The lowest BCUT2D eigenvalue weighted by Crippen LogP contribution is -2.32. The molecule has 2 amide bonds. The predicted octanol–water partition coefficient (Wildman–Crippen LogP) is 4.40. The highest BCUT2D eigenvalue weighted by atomic mass is 16.6. The minimum atomic E-state index is -1.35. The third-order valence-corrected chi connectivity index (χ3v) is 8.39. The summed E-state index contributed by atoms with van der Waals surface area (Å²) in [6.45, 7) is 0.650. The Bertz CT molecular complexity index is 1850. The van der Waals surface area contributed by atoms with Crippen LogP contribution in [-0.2, 0) is 4.74 Å². The first-order chi connectivity index (χ1) is 22.6. The molecule has 0 saturated heterocycles. The zero-order valence-corrected chi connectivity index (χ0v) is 27.4. The number of hydrogen-bond acceptors (Lipinski definition) is 7. The molecule has 3 aliphatic rings. The Labute approximate surface area is 274 Å². The Kier molecular flexibility index (Phi) is 10.6. The third kappa shape index (κ3) is 8.00. The van der Waals surface area contributed by atoms with Crippen LogP contribution in [0.2, 0.25) is 0 Å². The highest BCUT2D eigenvalue weighted by molar-refractivity contribution is 6.09. The van der Waals surface area contributed by atoms with Gasteiger partial charge in [-0.1, -0.05) is 18.2 Å². The number of ether oxygens (including phenoxy) is 1. The second-order valence-corrected chi connectivity index (χ2v) is 12.2. The van der Waals surface area contributed by atoms with Crippen molar-refractivity contribution >= 4 is 34.6 Å². The van der Waals surface area contributed by atoms with Gasteiger partial charge >= 0.3 is 6.09 Å². The number of benzene rings is 3. The van der Waals surface area contributed by atoms with Gasteiger partial charge in [0.15, 0.2) is 0 Å². The maximum absolute atomic E-state index is 13.3. The van der Waals surface area contributed by atoms with Crippen molar-refractivity contribution in [2.45, 2.75) is 44.6 Å². The van der Waals surface area contributed by atoms with Gasteiger partial charge in [0.2, 0.25) is 5.36 Å². The molecule has 1 unspecified atom stereocenters. The summed E-state index contributed by atoms with van der Waals surface area (Å²) in [5.41, 5.74) is 3.45. The first-order valence-corrected chi connectivity index (χ1v) is 16.0. The highest BCUT2D eigenvalue weighted by Gasteiger charge is 2.22. The fourth-order valence-electron chi connectivity index (χ4n) is 5.80. The molecule has 246 valence electrons. The van der Waals surface area contributed by atoms with Gasteiger partial charge in [-0.2, -0.15) is 0 Å². The Morgan fingerprint density at radius 3 is 2.49 bits per heavy atom. The van der Waals surface area contributed by atoms with Gasteiger partial charge in [0.05, 0.1) is 12.0 Å². The molecule has 0 saturated carbocycles. The summed E-state index contributed by atoms with van der Waals surface area (Å²) in [6, 6.07) is 16.0. The lowest BCUT2D eigenvalue weighted by Gasteiger charge is -2.20. The topological polar surface area (TPSA) is 127 Å². The number of anilines is 1. The molecular weight excluding hydrogens is 596 g/mol. The van der Waals surface area contributed by atoms with Crippen LogP contribution in [0.25, 0.3) is 33.4 Å². The van der Waals surface area contributed by atoms with Crippen molar-refractivity contribution in [1.82, 2.24) is 15.2 Å². The minimum Gasteiger partial charge on any atom is -0.545 e. The molecule has 2 aliphatic carbocycles. The van der Waals surface area contributed by atoms with E-state index in [1.807, 2.05) is 74.1 Å². The van der Waals surface area contributed by atoms with Crippen molar-refractivity contribution in [3.63, 3.8) is 0 Å². The van der Waals surface area contributed by atoms with E-state index in [2.05, 4.69) is 22.8 Å². The Morgan fingerprint density at radius 2 is 1.72 bits per heavy atom. The zero-order chi connectivity index (χ0) is 33.5. The van der Waals surface area contributed by atoms with Gasteiger partial charge in [-0.05, 0) is 74.4 Å². The van der Waals surface area contributed by atoms with E-state index in [1.54, 1.807) is 6.07 Å². The Morgan fingerprint density at radius 1 is 0.936 bits per heavy atom. The van der Waals surface area contributed by atoms with Crippen LogP contribution >= 0.6 is 0 Å². The number of amides is 2. The van der Waals surface area contributed by atoms with Crippen LogP contribution < -0.4 is 30.6 Å². The Hall–Kier alpha value is -5.12. The minimum absolute atomic E-state index is 0.0354. The normalized spacial score (nSPS) is 15.4. The van der Waals surface area contributed by atoms with Crippen molar-refractivity contribution in [2.24, 2.45) is 0 Å². The monoisotopic (exact) mass is 638 g/mol. The first-order valence-electron chi connectivity index (χ1n) is 16.0. The van der Waals surface area contributed by atoms with Gasteiger partial charge in [-0.15, -0.1) is 0 Å². The van der Waals surface area contributed by atoms with Crippen LogP contribution in [-0.4, -0.2) is 65.4 Å². The average molecular weight is 639 g/mol. The highest BCUT2D eigenvalue weighted by Crippen LogP contribution is 2.42. The third-order valence-electron chi connectivity index (χ3n) is 8.39. The molecule has 0 spiro atoms. The summed E-state index contributed by atoms with van der Waals surface area (Å²) >= 11 is 0. The molecule has 5 rings (SSSR count). The zero-order valence-electron chi connectivity index (χ0n) is 27.4. The Balaban J connectivity index is 1.37. The van der Waals surface area contributed by atoms with E-state index in [-0.39, 0.29) is 17.6 Å². The molecule has 2 aromatic rings. The summed E-state index contributed by atoms with van der Waals surface area (Å²) in [7, 11) is 7.73.